The van der Waals surface area contributed by atoms with Crippen molar-refractivity contribution in [1.82, 2.24) is 9.88 Å². The summed E-state index contributed by atoms with van der Waals surface area (Å²) < 4.78 is 0. The first-order valence-electron chi connectivity index (χ1n) is 9.16. The molecule has 0 atom stereocenters. The number of hydrogen-bond donors (Lipinski definition) is 1. The van der Waals surface area contributed by atoms with Crippen molar-refractivity contribution in [3.8, 4) is 0 Å². The summed E-state index contributed by atoms with van der Waals surface area (Å²) in [4.78, 5) is 18.8. The average Bonchev–Trinajstić information content (AvgIpc) is 2.69. The normalized spacial score (nSPS) is 10.7. The summed E-state index contributed by atoms with van der Waals surface area (Å²) in [5.41, 5.74) is 3.96. The molecule has 0 aliphatic rings. The Morgan fingerprint density at radius 1 is 1.00 bits per heavy atom. The number of hydrogen-bond acceptors (Lipinski definition) is 3. The van der Waals surface area contributed by atoms with Gasteiger partial charge in [0.2, 0.25) is 0 Å². The summed E-state index contributed by atoms with van der Waals surface area (Å²) >= 11 is 0. The summed E-state index contributed by atoms with van der Waals surface area (Å²) in [6.45, 7) is 4.90. The van der Waals surface area contributed by atoms with Crippen LogP contribution in [0.5, 0.6) is 0 Å². The van der Waals surface area contributed by atoms with E-state index in [1.807, 2.05) is 60.7 Å². The van der Waals surface area contributed by atoms with Crippen LogP contribution in [0.25, 0.3) is 0 Å². The van der Waals surface area contributed by atoms with Gasteiger partial charge < -0.3 is 10.2 Å². The minimum absolute atomic E-state index is 0.0412. The van der Waals surface area contributed by atoms with E-state index in [-0.39, 0.29) is 5.91 Å². The Morgan fingerprint density at radius 3 is 2.37 bits per heavy atom. The highest BCUT2D eigenvalue weighted by Crippen LogP contribution is 2.26. The maximum Gasteiger partial charge on any atom is 0.255 e. The molecule has 0 bridgehead atoms. The van der Waals surface area contributed by atoms with Crippen molar-refractivity contribution in [2.45, 2.75) is 26.3 Å². The van der Waals surface area contributed by atoms with Crippen molar-refractivity contribution in [1.29, 1.82) is 0 Å². The monoisotopic (exact) mass is 359 g/mol. The van der Waals surface area contributed by atoms with E-state index in [1.54, 1.807) is 18.1 Å². The van der Waals surface area contributed by atoms with E-state index in [0.29, 0.717) is 18.0 Å². The lowest BCUT2D eigenvalue weighted by atomic mass is 10.0. The summed E-state index contributed by atoms with van der Waals surface area (Å²) in [5.74, 6) is 1.10. The summed E-state index contributed by atoms with van der Waals surface area (Å²) in [6, 6.07) is 21.8. The Hall–Kier alpha value is -3.14. The largest absolute Gasteiger partial charge is 0.340 e. The summed E-state index contributed by atoms with van der Waals surface area (Å²) in [5, 5.41) is 3.35. The number of carbonyl (C=O) groups excluding carboxylic acids is 1. The van der Waals surface area contributed by atoms with E-state index >= 15 is 0 Å². The smallest absolute Gasteiger partial charge is 0.255 e. The van der Waals surface area contributed by atoms with E-state index < -0.39 is 0 Å². The second-order valence-electron chi connectivity index (χ2n) is 6.95. The minimum atomic E-state index is -0.0412. The number of amides is 1. The first kappa shape index (κ1) is 18.6. The van der Waals surface area contributed by atoms with Crippen LogP contribution in [0.1, 0.15) is 41.3 Å². The number of aromatic nitrogens is 1. The molecule has 0 aliphatic carbocycles. The molecule has 0 unspecified atom stereocenters. The van der Waals surface area contributed by atoms with Crippen molar-refractivity contribution in [3.05, 3.63) is 89.6 Å². The van der Waals surface area contributed by atoms with Gasteiger partial charge in [-0.1, -0.05) is 62.4 Å². The summed E-state index contributed by atoms with van der Waals surface area (Å²) in [7, 11) is 1.81. The zero-order chi connectivity index (χ0) is 19.2. The Balaban J connectivity index is 1.69. The number of nitrogens with one attached hydrogen (secondary N) is 1. The maximum absolute atomic E-state index is 12.6. The fraction of sp³-hybridized carbons (Fsp3) is 0.217. The fourth-order valence-electron chi connectivity index (χ4n) is 3.00. The number of pyridine rings is 1. The molecule has 2 aromatic carbocycles. The molecular weight excluding hydrogens is 334 g/mol. The molecule has 1 N–H and O–H groups in total. The van der Waals surface area contributed by atoms with Crippen molar-refractivity contribution in [2.24, 2.45) is 0 Å². The molecule has 0 saturated heterocycles. The van der Waals surface area contributed by atoms with Gasteiger partial charge in [-0.3, -0.25) is 4.79 Å². The standard InChI is InChI=1S/C23H25N3O/c1-17(2)20-11-7-8-12-21(20)25-22-14-13-19(15-24-22)23(27)26(3)16-18-9-5-4-6-10-18/h4-15,17H,16H2,1-3H3,(H,24,25). The average molecular weight is 359 g/mol. The van der Waals surface area contributed by atoms with Gasteiger partial charge >= 0.3 is 0 Å². The highest BCUT2D eigenvalue weighted by molar-refractivity contribution is 5.94. The first-order chi connectivity index (χ1) is 13.0. The SMILES string of the molecule is CC(C)c1ccccc1Nc1ccc(C(=O)N(C)Cc2ccccc2)cn1. The van der Waals surface area contributed by atoms with Crippen LogP contribution in [-0.2, 0) is 6.54 Å². The molecule has 0 spiro atoms. The second-order valence-corrected chi connectivity index (χ2v) is 6.95. The quantitative estimate of drug-likeness (QED) is 0.656. The van der Waals surface area contributed by atoms with E-state index in [1.165, 1.54) is 5.56 Å². The van der Waals surface area contributed by atoms with Gasteiger partial charge in [-0.25, -0.2) is 4.98 Å². The van der Waals surface area contributed by atoms with Crippen LogP contribution >= 0.6 is 0 Å². The third-order valence-corrected chi connectivity index (χ3v) is 4.47. The Labute approximate surface area is 160 Å². The van der Waals surface area contributed by atoms with Gasteiger partial charge in [0.05, 0.1) is 5.56 Å². The van der Waals surface area contributed by atoms with Gasteiger partial charge in [0, 0.05) is 25.5 Å². The highest BCUT2D eigenvalue weighted by atomic mass is 16.2. The number of carbonyl (C=O) groups is 1. The molecule has 1 heterocycles. The number of benzene rings is 2. The van der Waals surface area contributed by atoms with E-state index in [4.69, 9.17) is 0 Å². The maximum atomic E-state index is 12.6. The summed E-state index contributed by atoms with van der Waals surface area (Å²) in [6.07, 6.45) is 1.63. The van der Waals surface area contributed by atoms with Gasteiger partial charge in [-0.05, 0) is 35.2 Å². The second kappa shape index (κ2) is 8.49. The molecule has 3 aromatic rings. The number of rotatable bonds is 6. The number of para-hydroxylation sites is 1. The van der Waals surface area contributed by atoms with E-state index in [2.05, 4.69) is 30.2 Å². The van der Waals surface area contributed by atoms with Crippen LogP contribution in [0.15, 0.2) is 72.9 Å². The van der Waals surface area contributed by atoms with Crippen LogP contribution in [0.4, 0.5) is 11.5 Å². The highest BCUT2D eigenvalue weighted by Gasteiger charge is 2.13. The lowest BCUT2D eigenvalue weighted by Gasteiger charge is -2.18. The lowest BCUT2D eigenvalue weighted by Crippen LogP contribution is -2.26. The number of nitrogens with zero attached hydrogens (tertiary/aromatic N) is 2. The topological polar surface area (TPSA) is 45.2 Å². The zero-order valence-corrected chi connectivity index (χ0v) is 16.0. The molecule has 27 heavy (non-hydrogen) atoms. The molecule has 0 aliphatic heterocycles. The predicted molar refractivity (Wildman–Crippen MR) is 110 cm³/mol. The Morgan fingerprint density at radius 2 is 1.70 bits per heavy atom. The van der Waals surface area contributed by atoms with E-state index in [0.717, 1.165) is 17.1 Å². The van der Waals surface area contributed by atoms with E-state index in [9.17, 15) is 4.79 Å². The Kier molecular flexibility index (Phi) is 5.87. The molecule has 3 rings (SSSR count). The molecule has 0 fully saturated rings. The van der Waals surface area contributed by atoms with Gasteiger partial charge in [0.1, 0.15) is 5.82 Å². The van der Waals surface area contributed by atoms with Crippen molar-refractivity contribution >= 4 is 17.4 Å². The number of anilines is 2. The molecule has 138 valence electrons. The van der Waals surface area contributed by atoms with Gasteiger partial charge in [-0.2, -0.15) is 0 Å². The van der Waals surface area contributed by atoms with Gasteiger partial charge in [0.25, 0.3) is 5.91 Å². The zero-order valence-electron chi connectivity index (χ0n) is 16.0. The predicted octanol–water partition coefficient (Wildman–Crippen LogP) is 5.22. The molecule has 1 amide bonds. The van der Waals surface area contributed by atoms with Crippen molar-refractivity contribution in [3.63, 3.8) is 0 Å². The molecule has 4 nitrogen and oxygen atoms in total. The molecule has 4 heteroatoms. The minimum Gasteiger partial charge on any atom is -0.340 e. The molecular formula is C23H25N3O. The Bertz CT molecular complexity index is 889. The van der Waals surface area contributed by atoms with Crippen LogP contribution in [0, 0.1) is 0 Å². The molecule has 1 aromatic heterocycles. The third kappa shape index (κ3) is 4.73. The molecule has 0 saturated carbocycles. The molecule has 0 radical (unpaired) electrons. The fourth-order valence-corrected chi connectivity index (χ4v) is 3.00. The van der Waals surface area contributed by atoms with Crippen molar-refractivity contribution < 1.29 is 4.79 Å². The van der Waals surface area contributed by atoms with Crippen molar-refractivity contribution in [2.75, 3.05) is 12.4 Å². The lowest BCUT2D eigenvalue weighted by molar-refractivity contribution is 0.0784. The van der Waals surface area contributed by atoms with Crippen LogP contribution in [0.2, 0.25) is 0 Å². The van der Waals surface area contributed by atoms with Crippen LogP contribution in [0.3, 0.4) is 0 Å². The van der Waals surface area contributed by atoms with Crippen LogP contribution in [-0.4, -0.2) is 22.8 Å². The van der Waals surface area contributed by atoms with Crippen LogP contribution < -0.4 is 5.32 Å². The third-order valence-electron chi connectivity index (χ3n) is 4.47. The van der Waals surface area contributed by atoms with Gasteiger partial charge in [0.15, 0.2) is 0 Å². The first-order valence-corrected chi connectivity index (χ1v) is 9.16. The van der Waals surface area contributed by atoms with Gasteiger partial charge in [-0.15, -0.1) is 0 Å².